The molecule has 1 saturated heterocycles. The Morgan fingerprint density at radius 1 is 1.09 bits per heavy atom. The number of benzene rings is 1. The number of carbonyl (C=O) groups is 1. The molecule has 0 aliphatic carbocycles. The number of morpholine rings is 1. The highest BCUT2D eigenvalue weighted by molar-refractivity contribution is 7.89. The Labute approximate surface area is 195 Å². The van der Waals surface area contributed by atoms with Crippen molar-refractivity contribution in [2.75, 3.05) is 45.9 Å². The number of ether oxygens (including phenoxy) is 1. The smallest absolute Gasteiger partial charge is 0.251 e. The molecule has 1 atom stereocenters. The van der Waals surface area contributed by atoms with Crippen molar-refractivity contribution in [1.29, 1.82) is 0 Å². The van der Waals surface area contributed by atoms with E-state index in [1.165, 1.54) is 22.6 Å². The normalized spacial score (nSPS) is 16.0. The number of hydrogen-bond donors (Lipinski definition) is 1. The van der Waals surface area contributed by atoms with Gasteiger partial charge >= 0.3 is 0 Å². The molecule has 1 fully saturated rings. The first-order valence-electron chi connectivity index (χ1n) is 11.2. The van der Waals surface area contributed by atoms with Crippen LogP contribution in [0.5, 0.6) is 0 Å². The van der Waals surface area contributed by atoms with Gasteiger partial charge in [-0.25, -0.2) is 8.42 Å². The van der Waals surface area contributed by atoms with E-state index >= 15 is 0 Å². The molecule has 180 valence electrons. The first-order valence-corrected chi connectivity index (χ1v) is 12.6. The highest BCUT2D eigenvalue weighted by Crippen LogP contribution is 2.21. The van der Waals surface area contributed by atoms with E-state index in [0.29, 0.717) is 32.8 Å². The molecule has 1 aromatic carbocycles. The third kappa shape index (κ3) is 6.29. The Morgan fingerprint density at radius 2 is 1.76 bits per heavy atom. The number of pyridine rings is 1. The lowest BCUT2D eigenvalue weighted by molar-refractivity contribution is -0.122. The third-order valence-corrected chi connectivity index (χ3v) is 7.81. The molecule has 1 amide bonds. The highest BCUT2D eigenvalue weighted by atomic mass is 32.2. The molecule has 0 unspecified atom stereocenters. The summed E-state index contributed by atoms with van der Waals surface area (Å²) in [6.07, 6.45) is 1.24. The second-order valence-corrected chi connectivity index (χ2v) is 9.74. The van der Waals surface area contributed by atoms with Gasteiger partial charge in [-0.15, -0.1) is 0 Å². The molecule has 0 spiro atoms. The maximum Gasteiger partial charge on any atom is 0.251 e. The number of nitrogens with one attached hydrogen (secondary N) is 1. The molecule has 10 heteroatoms. The fraction of sp³-hybridized carbons (Fsp3) is 0.478. The molecule has 2 heterocycles. The first kappa shape index (κ1) is 25.1. The Kier molecular flexibility index (Phi) is 8.79. The van der Waals surface area contributed by atoms with Crippen molar-refractivity contribution in [1.82, 2.24) is 19.1 Å². The van der Waals surface area contributed by atoms with Crippen LogP contribution in [0.1, 0.15) is 25.5 Å². The Morgan fingerprint density at radius 3 is 2.39 bits per heavy atom. The van der Waals surface area contributed by atoms with E-state index in [9.17, 15) is 18.0 Å². The van der Waals surface area contributed by atoms with Crippen LogP contribution in [-0.2, 0) is 26.1 Å². The maximum atomic E-state index is 12.8. The number of hydrogen-bond acceptors (Lipinski definition) is 6. The van der Waals surface area contributed by atoms with Crippen molar-refractivity contribution >= 4 is 15.9 Å². The summed E-state index contributed by atoms with van der Waals surface area (Å²) >= 11 is 0. The molecule has 1 aliphatic rings. The largest absolute Gasteiger partial charge is 0.379 e. The number of carbonyl (C=O) groups excluding carboxylic acids is 1. The summed E-state index contributed by atoms with van der Waals surface area (Å²) in [5.41, 5.74) is 0.653. The number of sulfonamides is 1. The van der Waals surface area contributed by atoms with Crippen LogP contribution in [0.2, 0.25) is 0 Å². The van der Waals surface area contributed by atoms with Gasteiger partial charge in [-0.2, -0.15) is 4.31 Å². The minimum Gasteiger partial charge on any atom is -0.379 e. The van der Waals surface area contributed by atoms with Crippen molar-refractivity contribution in [3.63, 3.8) is 0 Å². The van der Waals surface area contributed by atoms with Crippen LogP contribution in [0, 0.1) is 0 Å². The lowest BCUT2D eigenvalue weighted by Gasteiger charge is -2.35. The molecule has 1 aliphatic heterocycles. The fourth-order valence-electron chi connectivity index (χ4n) is 3.94. The van der Waals surface area contributed by atoms with E-state index in [1.54, 1.807) is 13.8 Å². The van der Waals surface area contributed by atoms with E-state index in [2.05, 4.69) is 10.2 Å². The zero-order chi connectivity index (χ0) is 23.8. The molecule has 1 N–H and O–H groups in total. The van der Waals surface area contributed by atoms with E-state index in [1.807, 2.05) is 30.3 Å². The molecule has 33 heavy (non-hydrogen) atoms. The van der Waals surface area contributed by atoms with Gasteiger partial charge in [-0.05, 0) is 11.6 Å². The summed E-state index contributed by atoms with van der Waals surface area (Å²) in [6.45, 7) is 7.06. The fourth-order valence-corrected chi connectivity index (χ4v) is 5.42. The van der Waals surface area contributed by atoms with Crippen LogP contribution in [0.25, 0.3) is 0 Å². The monoisotopic (exact) mass is 476 g/mol. The van der Waals surface area contributed by atoms with Crippen LogP contribution >= 0.6 is 0 Å². The molecule has 0 bridgehead atoms. The average Bonchev–Trinajstić information content (AvgIpc) is 2.82. The number of amides is 1. The van der Waals surface area contributed by atoms with E-state index in [4.69, 9.17) is 4.74 Å². The van der Waals surface area contributed by atoms with Crippen molar-refractivity contribution in [3.05, 3.63) is 64.6 Å². The predicted octanol–water partition coefficient (Wildman–Crippen LogP) is 1.07. The van der Waals surface area contributed by atoms with Crippen molar-refractivity contribution in [2.24, 2.45) is 0 Å². The van der Waals surface area contributed by atoms with Gasteiger partial charge < -0.3 is 14.6 Å². The Bertz CT molecular complexity index is 1080. The molecular weight excluding hydrogens is 444 g/mol. The topological polar surface area (TPSA) is 101 Å². The second-order valence-electron chi connectivity index (χ2n) is 7.80. The lowest BCUT2D eigenvalue weighted by atomic mass is 10.0. The van der Waals surface area contributed by atoms with E-state index < -0.39 is 15.6 Å². The second kappa shape index (κ2) is 11.6. The molecule has 0 saturated carbocycles. The van der Waals surface area contributed by atoms with Gasteiger partial charge in [0.05, 0.1) is 24.2 Å². The minimum absolute atomic E-state index is 0.00548. The van der Waals surface area contributed by atoms with Crippen LogP contribution in [-0.4, -0.2) is 74.0 Å². The summed E-state index contributed by atoms with van der Waals surface area (Å²) in [5, 5.41) is 2.92. The summed E-state index contributed by atoms with van der Waals surface area (Å²) in [6, 6.07) is 12.4. The Hall–Kier alpha value is -2.53. The van der Waals surface area contributed by atoms with Gasteiger partial charge in [0.2, 0.25) is 15.9 Å². The van der Waals surface area contributed by atoms with Gasteiger partial charge in [0.15, 0.2) is 0 Å². The van der Waals surface area contributed by atoms with Gasteiger partial charge in [0.25, 0.3) is 5.56 Å². The van der Waals surface area contributed by atoms with Gasteiger partial charge in [-0.1, -0.05) is 44.2 Å². The van der Waals surface area contributed by atoms with E-state index in [-0.39, 0.29) is 23.4 Å². The van der Waals surface area contributed by atoms with Crippen LogP contribution in [0.4, 0.5) is 0 Å². The molecule has 3 rings (SSSR count). The van der Waals surface area contributed by atoms with E-state index in [0.717, 1.165) is 23.2 Å². The number of rotatable bonds is 10. The molecule has 9 nitrogen and oxygen atoms in total. The van der Waals surface area contributed by atoms with Crippen molar-refractivity contribution in [3.8, 4) is 0 Å². The van der Waals surface area contributed by atoms with Crippen molar-refractivity contribution < 1.29 is 17.9 Å². The highest BCUT2D eigenvalue weighted by Gasteiger charge is 2.24. The molecule has 2 aromatic rings. The SMILES string of the molecule is CCN(CC)S(=O)(=O)c1ccc(=O)n(CC(=O)NC[C@@H](c2ccccc2)N2CCOCC2)c1. The number of nitrogens with zero attached hydrogens (tertiary/aromatic N) is 3. The maximum absolute atomic E-state index is 12.8. The molecule has 0 radical (unpaired) electrons. The number of aromatic nitrogens is 1. The zero-order valence-electron chi connectivity index (χ0n) is 19.1. The average molecular weight is 477 g/mol. The zero-order valence-corrected chi connectivity index (χ0v) is 20.0. The standard InChI is InChI=1S/C23H32N4O5S/c1-3-27(4-2)33(30,31)20-10-11-23(29)26(17-20)18-22(28)24-16-21(19-8-6-5-7-9-19)25-12-14-32-15-13-25/h5-11,17,21H,3-4,12-16,18H2,1-2H3,(H,24,28)/t21-/m0/s1. The summed E-state index contributed by atoms with van der Waals surface area (Å²) in [7, 11) is -3.73. The summed E-state index contributed by atoms with van der Waals surface area (Å²) < 4.78 is 33.5. The lowest BCUT2D eigenvalue weighted by Crippen LogP contribution is -2.44. The Balaban J connectivity index is 1.72. The van der Waals surface area contributed by atoms with Gasteiger partial charge in [0.1, 0.15) is 6.54 Å². The molecule has 1 aromatic heterocycles. The van der Waals surface area contributed by atoms with Crippen LogP contribution in [0.15, 0.2) is 58.4 Å². The summed E-state index contributed by atoms with van der Waals surface area (Å²) in [5.74, 6) is -0.358. The van der Waals surface area contributed by atoms with Gasteiger partial charge in [-0.3, -0.25) is 14.5 Å². The van der Waals surface area contributed by atoms with Crippen LogP contribution < -0.4 is 10.9 Å². The minimum atomic E-state index is -3.73. The first-order chi connectivity index (χ1) is 15.9. The van der Waals surface area contributed by atoms with Crippen LogP contribution in [0.3, 0.4) is 0 Å². The quantitative estimate of drug-likeness (QED) is 0.551. The van der Waals surface area contributed by atoms with Gasteiger partial charge in [0, 0.05) is 45.0 Å². The third-order valence-electron chi connectivity index (χ3n) is 5.78. The van der Waals surface area contributed by atoms with Crippen molar-refractivity contribution in [2.45, 2.75) is 31.3 Å². The molecular formula is C23H32N4O5S. The summed E-state index contributed by atoms with van der Waals surface area (Å²) in [4.78, 5) is 27.3. The predicted molar refractivity (Wildman–Crippen MR) is 125 cm³/mol.